The first-order valence-corrected chi connectivity index (χ1v) is 13.0. The second kappa shape index (κ2) is 12.9. The summed E-state index contributed by atoms with van der Waals surface area (Å²) in [7, 11) is 0. The Balaban J connectivity index is 1.61. The van der Waals surface area contributed by atoms with E-state index in [0.717, 1.165) is 37.0 Å². The molecule has 3 rings (SSSR count). The van der Waals surface area contributed by atoms with E-state index >= 15 is 0 Å². The first-order valence-electron chi connectivity index (χ1n) is 11.5. The molecule has 1 fully saturated rings. The third-order valence-electron chi connectivity index (χ3n) is 5.99. The van der Waals surface area contributed by atoms with Crippen LogP contribution < -0.4 is 5.32 Å². The summed E-state index contributed by atoms with van der Waals surface area (Å²) in [6.45, 7) is 2.16. The molecule has 2 aromatic rings. The molecule has 32 heavy (non-hydrogen) atoms. The molecule has 0 bridgehead atoms. The molecule has 6 heteroatoms. The molecular weight excluding hydrogens is 440 g/mol. The van der Waals surface area contributed by atoms with E-state index in [0.29, 0.717) is 23.7 Å². The second-order valence-corrected chi connectivity index (χ2v) is 9.93. The van der Waals surface area contributed by atoms with Gasteiger partial charge in [0.15, 0.2) is 0 Å². The van der Waals surface area contributed by atoms with Crippen LogP contribution in [0.25, 0.3) is 0 Å². The fourth-order valence-electron chi connectivity index (χ4n) is 4.03. The highest BCUT2D eigenvalue weighted by Crippen LogP contribution is 2.21. The second-order valence-electron chi connectivity index (χ2n) is 8.42. The number of amides is 2. The standard InChI is InChI=1S/C26H33ClN2O2S/c1-20(26(31)28-23-13-6-3-7-14-23)29(18-22-12-8-9-15-24(22)27)25(30)16-17-32-19-21-10-4-2-5-11-21/h2,4-5,8-12,15,20,23H,3,6-7,13-14,16-19H2,1H3,(H,28,31)/t20-/m1/s1. The predicted molar refractivity (Wildman–Crippen MR) is 134 cm³/mol. The van der Waals surface area contributed by atoms with Crippen LogP contribution in [0.15, 0.2) is 54.6 Å². The summed E-state index contributed by atoms with van der Waals surface area (Å²) < 4.78 is 0. The molecule has 0 aromatic heterocycles. The van der Waals surface area contributed by atoms with E-state index in [4.69, 9.17) is 11.6 Å². The Labute approximate surface area is 201 Å². The van der Waals surface area contributed by atoms with E-state index in [-0.39, 0.29) is 17.9 Å². The molecule has 0 heterocycles. The van der Waals surface area contributed by atoms with Crippen molar-refractivity contribution in [3.8, 4) is 0 Å². The van der Waals surface area contributed by atoms with E-state index in [1.807, 2.05) is 49.4 Å². The summed E-state index contributed by atoms with van der Waals surface area (Å²) in [5.74, 6) is 1.49. The van der Waals surface area contributed by atoms with E-state index < -0.39 is 6.04 Å². The summed E-state index contributed by atoms with van der Waals surface area (Å²) >= 11 is 8.10. The fraction of sp³-hybridized carbons (Fsp3) is 0.462. The first kappa shape index (κ1) is 24.7. The molecular formula is C26H33ClN2O2S. The van der Waals surface area contributed by atoms with Gasteiger partial charge in [-0.2, -0.15) is 11.8 Å². The molecule has 0 saturated heterocycles. The molecule has 0 unspecified atom stereocenters. The van der Waals surface area contributed by atoms with Crippen molar-refractivity contribution in [2.75, 3.05) is 5.75 Å². The lowest BCUT2D eigenvalue weighted by Crippen LogP contribution is -2.50. The highest BCUT2D eigenvalue weighted by atomic mass is 35.5. The number of thioether (sulfide) groups is 1. The molecule has 172 valence electrons. The zero-order valence-electron chi connectivity index (χ0n) is 18.8. The number of hydrogen-bond donors (Lipinski definition) is 1. The van der Waals surface area contributed by atoms with Gasteiger partial charge >= 0.3 is 0 Å². The maximum absolute atomic E-state index is 13.2. The topological polar surface area (TPSA) is 49.4 Å². The smallest absolute Gasteiger partial charge is 0.242 e. The summed E-state index contributed by atoms with van der Waals surface area (Å²) in [4.78, 5) is 27.9. The van der Waals surface area contributed by atoms with Gasteiger partial charge in [0.25, 0.3) is 0 Å². The molecule has 1 aliphatic carbocycles. The zero-order chi connectivity index (χ0) is 22.8. The fourth-order valence-corrected chi connectivity index (χ4v) is 5.12. The Hall–Kier alpha value is -1.98. The Morgan fingerprint density at radius 3 is 2.47 bits per heavy atom. The van der Waals surface area contributed by atoms with E-state index in [1.165, 1.54) is 12.0 Å². The average Bonchev–Trinajstić information content (AvgIpc) is 2.82. The SMILES string of the molecule is C[C@H](C(=O)NC1CCCCC1)N(Cc1ccccc1Cl)C(=O)CCSCc1ccccc1. The predicted octanol–water partition coefficient (Wildman–Crippen LogP) is 5.83. The van der Waals surface area contributed by atoms with Crippen molar-refractivity contribution < 1.29 is 9.59 Å². The van der Waals surface area contributed by atoms with Gasteiger partial charge in [0.2, 0.25) is 11.8 Å². The lowest BCUT2D eigenvalue weighted by atomic mass is 9.95. The maximum atomic E-state index is 13.2. The molecule has 1 saturated carbocycles. The van der Waals surface area contributed by atoms with Gasteiger partial charge in [0.1, 0.15) is 6.04 Å². The Morgan fingerprint density at radius 2 is 1.75 bits per heavy atom. The summed E-state index contributed by atoms with van der Waals surface area (Å²) in [6.07, 6.45) is 5.98. The van der Waals surface area contributed by atoms with Crippen LogP contribution in [0.5, 0.6) is 0 Å². The molecule has 0 radical (unpaired) electrons. The van der Waals surface area contributed by atoms with Crippen LogP contribution in [-0.4, -0.2) is 34.6 Å². The summed E-state index contributed by atoms with van der Waals surface area (Å²) in [6, 6.07) is 17.4. The van der Waals surface area contributed by atoms with Gasteiger partial charge in [-0.1, -0.05) is 79.4 Å². The van der Waals surface area contributed by atoms with E-state index in [1.54, 1.807) is 16.7 Å². The van der Waals surface area contributed by atoms with E-state index in [2.05, 4.69) is 17.4 Å². The van der Waals surface area contributed by atoms with Crippen LogP contribution >= 0.6 is 23.4 Å². The lowest BCUT2D eigenvalue weighted by molar-refractivity contribution is -0.140. The van der Waals surface area contributed by atoms with Gasteiger partial charge < -0.3 is 10.2 Å². The number of hydrogen-bond acceptors (Lipinski definition) is 3. The number of rotatable bonds is 10. The number of halogens is 1. The van der Waals surface area contributed by atoms with Crippen LogP contribution in [0.3, 0.4) is 0 Å². The normalized spacial score (nSPS) is 15.2. The number of nitrogens with zero attached hydrogens (tertiary/aromatic N) is 1. The highest BCUT2D eigenvalue weighted by Gasteiger charge is 2.28. The summed E-state index contributed by atoms with van der Waals surface area (Å²) in [5.41, 5.74) is 2.11. The van der Waals surface area contributed by atoms with Crippen LogP contribution in [0.1, 0.15) is 56.6 Å². The van der Waals surface area contributed by atoms with Gasteiger partial charge in [-0.15, -0.1) is 0 Å². The largest absolute Gasteiger partial charge is 0.352 e. The van der Waals surface area contributed by atoms with Gasteiger partial charge in [0, 0.05) is 35.5 Å². The minimum atomic E-state index is -0.542. The van der Waals surface area contributed by atoms with Crippen LogP contribution in [0.4, 0.5) is 0 Å². The molecule has 2 amide bonds. The monoisotopic (exact) mass is 472 g/mol. The molecule has 1 aliphatic rings. The number of nitrogens with one attached hydrogen (secondary N) is 1. The van der Waals surface area contributed by atoms with Crippen molar-refractivity contribution in [3.05, 3.63) is 70.7 Å². The van der Waals surface area contributed by atoms with Gasteiger partial charge in [-0.05, 0) is 37.0 Å². The first-order chi connectivity index (χ1) is 15.5. The van der Waals surface area contributed by atoms with Crippen LogP contribution in [0.2, 0.25) is 5.02 Å². The quantitative estimate of drug-likeness (QED) is 0.442. The Kier molecular flexibility index (Phi) is 9.94. The third-order valence-corrected chi connectivity index (χ3v) is 7.39. The van der Waals surface area contributed by atoms with Crippen molar-refractivity contribution >= 4 is 35.2 Å². The molecule has 1 N–H and O–H groups in total. The van der Waals surface area contributed by atoms with E-state index in [9.17, 15) is 9.59 Å². The minimum Gasteiger partial charge on any atom is -0.352 e. The molecule has 1 atom stereocenters. The number of benzene rings is 2. The molecule has 2 aromatic carbocycles. The van der Waals surface area contributed by atoms with Crippen molar-refractivity contribution in [2.24, 2.45) is 0 Å². The summed E-state index contributed by atoms with van der Waals surface area (Å²) in [5, 5.41) is 3.79. The van der Waals surface area contributed by atoms with Crippen molar-refractivity contribution in [1.29, 1.82) is 0 Å². The average molecular weight is 473 g/mol. The van der Waals surface area contributed by atoms with Crippen molar-refractivity contribution in [2.45, 2.75) is 69.8 Å². The minimum absolute atomic E-state index is 0.0169. The van der Waals surface area contributed by atoms with Gasteiger partial charge in [-0.3, -0.25) is 9.59 Å². The van der Waals surface area contributed by atoms with Crippen molar-refractivity contribution in [1.82, 2.24) is 10.2 Å². The lowest BCUT2D eigenvalue weighted by Gasteiger charge is -2.31. The highest BCUT2D eigenvalue weighted by molar-refractivity contribution is 7.98. The maximum Gasteiger partial charge on any atom is 0.242 e. The Bertz CT molecular complexity index is 871. The van der Waals surface area contributed by atoms with Gasteiger partial charge in [0.05, 0.1) is 0 Å². The third kappa shape index (κ3) is 7.56. The van der Waals surface area contributed by atoms with Crippen LogP contribution in [-0.2, 0) is 21.9 Å². The molecule has 0 spiro atoms. The Morgan fingerprint density at radius 1 is 1.06 bits per heavy atom. The van der Waals surface area contributed by atoms with Gasteiger partial charge in [-0.25, -0.2) is 0 Å². The zero-order valence-corrected chi connectivity index (χ0v) is 20.3. The number of carbonyl (C=O) groups is 2. The number of carbonyl (C=O) groups excluding carboxylic acids is 2. The van der Waals surface area contributed by atoms with Crippen molar-refractivity contribution in [3.63, 3.8) is 0 Å². The molecule has 0 aliphatic heterocycles. The van der Waals surface area contributed by atoms with Crippen LogP contribution in [0, 0.1) is 0 Å². The molecule has 4 nitrogen and oxygen atoms in total.